The maximum Gasteiger partial charge on any atom is 0.257 e. The van der Waals surface area contributed by atoms with Gasteiger partial charge in [-0.15, -0.1) is 0 Å². The highest BCUT2D eigenvalue weighted by atomic mass is 32.1. The quantitative estimate of drug-likeness (QED) is 0.690. The van der Waals surface area contributed by atoms with Gasteiger partial charge in [0.1, 0.15) is 11.3 Å². The molecule has 1 aromatic carbocycles. The minimum absolute atomic E-state index is 0.178. The van der Waals surface area contributed by atoms with Crippen molar-refractivity contribution in [3.63, 3.8) is 0 Å². The second kappa shape index (κ2) is 8.24. The molecule has 0 spiro atoms. The van der Waals surface area contributed by atoms with E-state index in [-0.39, 0.29) is 5.91 Å². The summed E-state index contributed by atoms with van der Waals surface area (Å²) in [5.41, 5.74) is 3.54. The van der Waals surface area contributed by atoms with Crippen LogP contribution in [0.15, 0.2) is 30.5 Å². The number of ether oxygens (including phenoxy) is 2. The molecule has 2 aromatic heterocycles. The van der Waals surface area contributed by atoms with Crippen LogP contribution in [0, 0.1) is 0 Å². The lowest BCUT2D eigenvalue weighted by Gasteiger charge is -2.23. The highest BCUT2D eigenvalue weighted by molar-refractivity contribution is 7.22. The van der Waals surface area contributed by atoms with Crippen LogP contribution in [0.5, 0.6) is 5.75 Å². The molecule has 0 saturated carbocycles. The zero-order chi connectivity index (χ0) is 19.5. The number of nitrogens with one attached hydrogen (secondary N) is 1. The number of thiazole rings is 1. The molecule has 146 valence electrons. The van der Waals surface area contributed by atoms with Gasteiger partial charge >= 0.3 is 0 Å². The lowest BCUT2D eigenvalue weighted by atomic mass is 9.91. The number of aryl methyl sites for hydroxylation is 1. The van der Waals surface area contributed by atoms with Gasteiger partial charge in [0.05, 0.1) is 11.8 Å². The smallest absolute Gasteiger partial charge is 0.257 e. The van der Waals surface area contributed by atoms with Gasteiger partial charge in [0.25, 0.3) is 5.91 Å². The van der Waals surface area contributed by atoms with Crippen LogP contribution in [-0.4, -0.2) is 36.2 Å². The third-order valence-corrected chi connectivity index (χ3v) is 6.10. The number of carbonyl (C=O) groups is 1. The van der Waals surface area contributed by atoms with Crippen molar-refractivity contribution in [3.8, 4) is 5.75 Å². The fourth-order valence-electron chi connectivity index (χ4n) is 3.53. The van der Waals surface area contributed by atoms with Gasteiger partial charge in [-0.25, -0.2) is 4.98 Å². The van der Waals surface area contributed by atoms with Gasteiger partial charge < -0.3 is 9.47 Å². The van der Waals surface area contributed by atoms with Crippen molar-refractivity contribution >= 4 is 32.6 Å². The SMILES string of the molecule is CCc1cc(C(=O)Nc2nc3c(OC)ccc(C4CCOCC4)c3s2)ccn1. The number of amides is 1. The molecular weight excluding hydrogens is 374 g/mol. The first kappa shape index (κ1) is 18.8. The second-order valence-corrected chi connectivity index (χ2v) is 7.78. The van der Waals surface area contributed by atoms with Crippen LogP contribution in [0.4, 0.5) is 5.13 Å². The van der Waals surface area contributed by atoms with E-state index in [4.69, 9.17) is 9.47 Å². The molecule has 3 aromatic rings. The fourth-order valence-corrected chi connectivity index (χ4v) is 4.60. The highest BCUT2D eigenvalue weighted by Crippen LogP contribution is 2.40. The molecule has 1 N–H and O–H groups in total. The molecule has 1 amide bonds. The van der Waals surface area contributed by atoms with Crippen molar-refractivity contribution in [2.75, 3.05) is 25.6 Å². The third kappa shape index (κ3) is 3.72. The number of benzene rings is 1. The standard InChI is InChI=1S/C21H23N3O3S/c1-3-15-12-14(6-9-22-15)20(25)24-21-23-18-17(26-2)5-4-16(19(18)28-21)13-7-10-27-11-8-13/h4-6,9,12-13H,3,7-8,10-11H2,1-2H3,(H,23,24,25). The number of fused-ring (bicyclic) bond motifs is 1. The normalized spacial score (nSPS) is 14.9. The Kier molecular flexibility index (Phi) is 5.54. The Balaban J connectivity index is 1.66. The number of aromatic nitrogens is 2. The van der Waals surface area contributed by atoms with Crippen LogP contribution in [-0.2, 0) is 11.2 Å². The van der Waals surface area contributed by atoms with E-state index in [9.17, 15) is 4.79 Å². The molecule has 0 unspecified atom stereocenters. The Morgan fingerprint density at radius 2 is 2.14 bits per heavy atom. The summed E-state index contributed by atoms with van der Waals surface area (Å²) in [6, 6.07) is 7.62. The van der Waals surface area contributed by atoms with E-state index in [1.807, 2.05) is 19.1 Å². The number of rotatable bonds is 5. The monoisotopic (exact) mass is 397 g/mol. The van der Waals surface area contributed by atoms with E-state index in [1.54, 1.807) is 19.4 Å². The largest absolute Gasteiger partial charge is 0.494 e. The molecule has 28 heavy (non-hydrogen) atoms. The lowest BCUT2D eigenvalue weighted by Crippen LogP contribution is -2.14. The zero-order valence-corrected chi connectivity index (χ0v) is 16.8. The summed E-state index contributed by atoms with van der Waals surface area (Å²) < 4.78 is 12.1. The van der Waals surface area contributed by atoms with E-state index in [0.717, 1.165) is 54.1 Å². The van der Waals surface area contributed by atoms with Crippen molar-refractivity contribution in [1.29, 1.82) is 0 Å². The molecule has 6 nitrogen and oxygen atoms in total. The molecule has 3 heterocycles. The topological polar surface area (TPSA) is 73.3 Å². The molecule has 0 atom stereocenters. The van der Waals surface area contributed by atoms with Crippen molar-refractivity contribution in [3.05, 3.63) is 47.3 Å². The summed E-state index contributed by atoms with van der Waals surface area (Å²) >= 11 is 1.50. The minimum atomic E-state index is -0.178. The number of anilines is 1. The molecule has 1 fully saturated rings. The minimum Gasteiger partial charge on any atom is -0.494 e. The first-order valence-corrected chi connectivity index (χ1v) is 10.3. The van der Waals surface area contributed by atoms with E-state index in [0.29, 0.717) is 16.6 Å². The summed E-state index contributed by atoms with van der Waals surface area (Å²) in [6.45, 7) is 3.58. The Hall–Kier alpha value is -2.51. The Morgan fingerprint density at radius 1 is 1.32 bits per heavy atom. The summed E-state index contributed by atoms with van der Waals surface area (Å²) in [7, 11) is 1.64. The van der Waals surface area contributed by atoms with E-state index in [1.165, 1.54) is 16.9 Å². The Bertz CT molecular complexity index is 996. The van der Waals surface area contributed by atoms with E-state index in [2.05, 4.69) is 21.4 Å². The molecule has 0 bridgehead atoms. The van der Waals surface area contributed by atoms with Crippen molar-refractivity contribution < 1.29 is 14.3 Å². The van der Waals surface area contributed by atoms with Crippen LogP contribution in [0.3, 0.4) is 0 Å². The summed E-state index contributed by atoms with van der Waals surface area (Å²) in [4.78, 5) is 21.6. The number of hydrogen-bond donors (Lipinski definition) is 1. The van der Waals surface area contributed by atoms with Crippen LogP contribution in [0.2, 0.25) is 0 Å². The van der Waals surface area contributed by atoms with Crippen molar-refractivity contribution in [2.24, 2.45) is 0 Å². The fraction of sp³-hybridized carbons (Fsp3) is 0.381. The molecular formula is C21H23N3O3S. The average molecular weight is 398 g/mol. The molecule has 1 aliphatic rings. The predicted octanol–water partition coefficient (Wildman–Crippen LogP) is 4.41. The van der Waals surface area contributed by atoms with Gasteiger partial charge in [-0.3, -0.25) is 15.1 Å². The lowest BCUT2D eigenvalue weighted by molar-refractivity contribution is 0.0856. The van der Waals surface area contributed by atoms with Gasteiger partial charge in [0.15, 0.2) is 5.13 Å². The van der Waals surface area contributed by atoms with E-state index < -0.39 is 0 Å². The summed E-state index contributed by atoms with van der Waals surface area (Å²) in [5.74, 6) is 0.987. The number of pyridine rings is 1. The Morgan fingerprint density at radius 3 is 2.89 bits per heavy atom. The zero-order valence-electron chi connectivity index (χ0n) is 16.0. The Labute approximate surface area is 167 Å². The van der Waals surface area contributed by atoms with Crippen LogP contribution < -0.4 is 10.1 Å². The highest BCUT2D eigenvalue weighted by Gasteiger charge is 2.22. The van der Waals surface area contributed by atoms with Gasteiger partial charge in [-0.05, 0) is 48.9 Å². The van der Waals surface area contributed by atoms with Crippen LogP contribution >= 0.6 is 11.3 Å². The van der Waals surface area contributed by atoms with Gasteiger partial charge in [-0.2, -0.15) is 0 Å². The number of hydrogen-bond acceptors (Lipinski definition) is 6. The first-order valence-electron chi connectivity index (χ1n) is 9.51. The molecule has 7 heteroatoms. The summed E-state index contributed by atoms with van der Waals surface area (Å²) in [5, 5.41) is 3.52. The maximum atomic E-state index is 12.7. The first-order chi connectivity index (χ1) is 13.7. The van der Waals surface area contributed by atoms with Crippen LogP contribution in [0.25, 0.3) is 10.2 Å². The third-order valence-electron chi connectivity index (χ3n) is 5.08. The molecule has 4 rings (SSSR count). The second-order valence-electron chi connectivity index (χ2n) is 6.78. The van der Waals surface area contributed by atoms with Crippen molar-refractivity contribution in [1.82, 2.24) is 9.97 Å². The van der Waals surface area contributed by atoms with Crippen LogP contribution in [0.1, 0.15) is 47.3 Å². The van der Waals surface area contributed by atoms with E-state index >= 15 is 0 Å². The molecule has 1 saturated heterocycles. The van der Waals surface area contributed by atoms with Crippen molar-refractivity contribution in [2.45, 2.75) is 32.1 Å². The molecule has 0 radical (unpaired) electrons. The van der Waals surface area contributed by atoms with Gasteiger partial charge in [0, 0.05) is 30.7 Å². The predicted molar refractivity (Wildman–Crippen MR) is 111 cm³/mol. The molecule has 1 aliphatic heterocycles. The van der Waals surface area contributed by atoms with Gasteiger partial charge in [-0.1, -0.05) is 24.3 Å². The summed E-state index contributed by atoms with van der Waals surface area (Å²) in [6.07, 6.45) is 4.45. The number of nitrogens with zero attached hydrogens (tertiary/aromatic N) is 2. The number of methoxy groups -OCH3 is 1. The van der Waals surface area contributed by atoms with Gasteiger partial charge in [0.2, 0.25) is 0 Å². The maximum absolute atomic E-state index is 12.7. The average Bonchev–Trinajstić information content (AvgIpc) is 3.17. The molecule has 0 aliphatic carbocycles. The number of carbonyl (C=O) groups excluding carboxylic acids is 1.